The molecule has 120 valence electrons. The molecule has 1 saturated carbocycles. The van der Waals surface area contributed by atoms with Gasteiger partial charge in [0.15, 0.2) is 0 Å². The van der Waals surface area contributed by atoms with Crippen LogP contribution in [0.1, 0.15) is 0 Å². The number of hydrogen-bond acceptors (Lipinski definition) is 3. The molecule has 0 saturated heterocycles. The van der Waals surface area contributed by atoms with Gasteiger partial charge in [-0.1, -0.05) is 0 Å². The molecule has 3 nitrogen and oxygen atoms in total. The zero-order valence-electron chi connectivity index (χ0n) is 8.49. The molecule has 0 aromatic rings. The monoisotopic (exact) mass is 343 g/mol. The fourth-order valence-corrected chi connectivity index (χ4v) is 2.89. The summed E-state index contributed by atoms with van der Waals surface area (Å²) in [6, 6.07) is 0. The maximum Gasteiger partial charge on any atom is 0.416 e. The number of hydrogen-bond donors (Lipinski definition) is 0. The summed E-state index contributed by atoms with van der Waals surface area (Å²) in [5, 5.41) is 0. The van der Waals surface area contributed by atoms with Crippen molar-refractivity contribution >= 4 is 10.1 Å². The Labute approximate surface area is 103 Å². The summed E-state index contributed by atoms with van der Waals surface area (Å²) < 4.78 is 151. The first-order valence-corrected chi connectivity index (χ1v) is 5.61. The fraction of sp³-hybridized carbons (Fsp3) is 1.00. The van der Waals surface area contributed by atoms with Crippen LogP contribution in [0.25, 0.3) is 0 Å². The summed E-state index contributed by atoms with van der Waals surface area (Å²) in [6.07, 6.45) is -12.9. The average Bonchev–Trinajstić information content (AvgIpc) is 2.18. The largest absolute Gasteiger partial charge is 0.747 e. The van der Waals surface area contributed by atoms with Gasteiger partial charge in [-0.15, -0.1) is 0 Å². The van der Waals surface area contributed by atoms with Gasteiger partial charge in [0, 0.05) is 0 Å². The molecule has 0 radical (unpaired) electrons. The quantitative estimate of drug-likeness (QED) is 0.541. The van der Waals surface area contributed by atoms with Crippen LogP contribution in [0, 0.1) is 0 Å². The van der Waals surface area contributed by atoms with Gasteiger partial charge in [0.2, 0.25) is 6.17 Å². The zero-order valence-corrected chi connectivity index (χ0v) is 9.31. The molecule has 2 atom stereocenters. The summed E-state index contributed by atoms with van der Waals surface area (Å²) in [7, 11) is -7.68. The van der Waals surface area contributed by atoms with Crippen molar-refractivity contribution in [3.05, 3.63) is 0 Å². The first-order valence-electron chi connectivity index (χ1n) is 4.20. The molecule has 1 rings (SSSR count). The molecule has 14 heteroatoms. The van der Waals surface area contributed by atoms with Gasteiger partial charge in [-0.05, 0) is 0 Å². The molecule has 1 fully saturated rings. The summed E-state index contributed by atoms with van der Waals surface area (Å²) in [5.41, 5.74) is 0. The van der Waals surface area contributed by atoms with Crippen molar-refractivity contribution in [3.63, 3.8) is 0 Å². The van der Waals surface area contributed by atoms with Crippen LogP contribution >= 0.6 is 0 Å². The van der Waals surface area contributed by atoms with Crippen LogP contribution in [0.3, 0.4) is 0 Å². The molecule has 0 bridgehead atoms. The van der Waals surface area contributed by atoms with E-state index in [0.717, 1.165) is 0 Å². The Morgan fingerprint density at radius 1 is 0.900 bits per heavy atom. The van der Waals surface area contributed by atoms with Crippen LogP contribution in [0.5, 0.6) is 0 Å². The highest BCUT2D eigenvalue weighted by Gasteiger charge is 2.99. The van der Waals surface area contributed by atoms with E-state index >= 15 is 0 Å². The molecule has 0 heterocycles. The Kier molecular flexibility index (Phi) is 3.19. The number of alkyl halides is 10. The van der Waals surface area contributed by atoms with E-state index in [1.807, 2.05) is 0 Å². The first-order chi connectivity index (χ1) is 8.40. The Bertz CT molecular complexity index is 522. The Balaban J connectivity index is 3.98. The molecule has 0 spiro atoms. The van der Waals surface area contributed by atoms with E-state index in [4.69, 9.17) is 0 Å². The number of rotatable bonds is 1. The van der Waals surface area contributed by atoms with Crippen molar-refractivity contribution in [3.8, 4) is 0 Å². The molecular formula is C6HF10O3S-. The Morgan fingerprint density at radius 2 is 1.25 bits per heavy atom. The molecule has 0 aromatic carbocycles. The van der Waals surface area contributed by atoms with Crippen molar-refractivity contribution in [2.45, 2.75) is 34.9 Å². The summed E-state index contributed by atoms with van der Waals surface area (Å²) in [6.45, 7) is 0. The molecule has 1 aliphatic rings. The van der Waals surface area contributed by atoms with Crippen LogP contribution < -0.4 is 0 Å². The summed E-state index contributed by atoms with van der Waals surface area (Å²) in [4.78, 5) is 0. The molecule has 0 amide bonds. The minimum absolute atomic E-state index is 5.68. The van der Waals surface area contributed by atoms with Gasteiger partial charge >= 0.3 is 23.9 Å². The van der Waals surface area contributed by atoms with Gasteiger partial charge in [-0.25, -0.2) is 12.8 Å². The van der Waals surface area contributed by atoms with E-state index < -0.39 is 45.0 Å². The predicted molar refractivity (Wildman–Crippen MR) is 38.2 cm³/mol. The smallest absolute Gasteiger partial charge is 0.416 e. The number of halogens is 10. The van der Waals surface area contributed by atoms with Gasteiger partial charge < -0.3 is 4.55 Å². The lowest BCUT2D eigenvalue weighted by Crippen LogP contribution is -2.67. The zero-order chi connectivity index (χ0) is 16.6. The van der Waals surface area contributed by atoms with Crippen molar-refractivity contribution in [1.82, 2.24) is 0 Å². The second-order valence-corrected chi connectivity index (χ2v) is 5.37. The SMILES string of the molecule is O=S(=O)([O-])C1(C(F)(F)F)C(F)C(F)(F)C(F)(F)C1(F)F. The lowest BCUT2D eigenvalue weighted by molar-refractivity contribution is -0.295. The third kappa shape index (κ3) is 1.43. The van der Waals surface area contributed by atoms with Crippen LogP contribution in [-0.4, -0.2) is 47.8 Å². The normalized spacial score (nSPS) is 36.0. The molecule has 0 aliphatic heterocycles. The van der Waals surface area contributed by atoms with E-state index in [-0.39, 0.29) is 0 Å². The van der Waals surface area contributed by atoms with Crippen LogP contribution in [0.4, 0.5) is 43.9 Å². The van der Waals surface area contributed by atoms with E-state index in [2.05, 4.69) is 0 Å². The lowest BCUT2D eigenvalue weighted by atomic mass is 10.0. The molecule has 20 heavy (non-hydrogen) atoms. The first kappa shape index (κ1) is 17.3. The molecular weight excluding hydrogens is 342 g/mol. The highest BCUT2D eigenvalue weighted by molar-refractivity contribution is 7.87. The van der Waals surface area contributed by atoms with Crippen LogP contribution in [0.2, 0.25) is 0 Å². The minimum atomic E-state index is -7.68. The average molecular weight is 343 g/mol. The molecule has 1 aliphatic carbocycles. The maximum atomic E-state index is 13.0. The van der Waals surface area contributed by atoms with Gasteiger partial charge in [0.25, 0.3) is 4.75 Å². The third-order valence-electron chi connectivity index (χ3n) is 2.77. The van der Waals surface area contributed by atoms with E-state index in [0.29, 0.717) is 0 Å². The van der Waals surface area contributed by atoms with Crippen LogP contribution in [0.15, 0.2) is 0 Å². The molecule has 0 aromatic heterocycles. The fourth-order valence-electron chi connectivity index (χ4n) is 1.76. The molecule has 0 N–H and O–H groups in total. The van der Waals surface area contributed by atoms with Gasteiger partial charge in [-0.3, -0.25) is 0 Å². The highest BCUT2D eigenvalue weighted by Crippen LogP contribution is 2.68. The highest BCUT2D eigenvalue weighted by atomic mass is 32.2. The van der Waals surface area contributed by atoms with Gasteiger partial charge in [-0.2, -0.15) is 39.5 Å². The van der Waals surface area contributed by atoms with E-state index in [1.165, 1.54) is 0 Å². The topological polar surface area (TPSA) is 57.2 Å². The van der Waals surface area contributed by atoms with Crippen molar-refractivity contribution in [1.29, 1.82) is 0 Å². The van der Waals surface area contributed by atoms with E-state index in [9.17, 15) is 56.9 Å². The lowest BCUT2D eigenvalue weighted by Gasteiger charge is -2.38. The van der Waals surface area contributed by atoms with Crippen molar-refractivity contribution in [2.24, 2.45) is 0 Å². The second-order valence-electron chi connectivity index (χ2n) is 3.82. The van der Waals surface area contributed by atoms with Crippen molar-refractivity contribution < 1.29 is 56.9 Å². The van der Waals surface area contributed by atoms with E-state index in [1.54, 1.807) is 0 Å². The van der Waals surface area contributed by atoms with Gasteiger partial charge in [0.1, 0.15) is 10.1 Å². The maximum absolute atomic E-state index is 13.0. The minimum Gasteiger partial charge on any atom is -0.747 e. The summed E-state index contributed by atoms with van der Waals surface area (Å²) in [5.74, 6) is -21.0. The third-order valence-corrected chi connectivity index (χ3v) is 4.25. The molecule has 2 unspecified atom stereocenters. The second kappa shape index (κ2) is 3.69. The Hall–Kier alpha value is -0.790. The van der Waals surface area contributed by atoms with Gasteiger partial charge in [0.05, 0.1) is 0 Å². The Morgan fingerprint density at radius 3 is 1.35 bits per heavy atom. The summed E-state index contributed by atoms with van der Waals surface area (Å²) >= 11 is 0. The van der Waals surface area contributed by atoms with Crippen LogP contribution in [-0.2, 0) is 10.1 Å². The predicted octanol–water partition coefficient (Wildman–Crippen LogP) is 2.09. The standard InChI is InChI=1S/C6H2F10O3S/c7-1-2(6(14,15)16,20(17,18)19)4(10,11)5(12,13)3(1,8)9/h1H,(H,17,18,19)/p-1. The van der Waals surface area contributed by atoms with Crippen molar-refractivity contribution in [2.75, 3.05) is 0 Å².